The van der Waals surface area contributed by atoms with Crippen molar-refractivity contribution >= 4 is 16.9 Å². The van der Waals surface area contributed by atoms with Crippen LogP contribution in [-0.4, -0.2) is 24.2 Å². The average molecular weight is 359 g/mol. The van der Waals surface area contributed by atoms with Crippen molar-refractivity contribution in [2.45, 2.75) is 19.8 Å². The minimum Gasteiger partial charge on any atom is -0.488 e. The third-order valence-electron chi connectivity index (χ3n) is 3.96. The molecule has 0 aliphatic heterocycles. The van der Waals surface area contributed by atoms with E-state index in [0.717, 1.165) is 10.9 Å². The minimum absolute atomic E-state index is 0.0282. The fourth-order valence-corrected chi connectivity index (χ4v) is 2.72. The largest absolute Gasteiger partial charge is 0.488 e. The van der Waals surface area contributed by atoms with Crippen LogP contribution in [-0.2, 0) is 9.53 Å². The van der Waals surface area contributed by atoms with Crippen LogP contribution in [0.4, 0.5) is 8.78 Å². The van der Waals surface area contributed by atoms with Gasteiger partial charge in [-0.1, -0.05) is 12.1 Å². The quantitative estimate of drug-likeness (QED) is 0.485. The van der Waals surface area contributed by atoms with Gasteiger partial charge < -0.3 is 14.5 Å². The summed E-state index contributed by atoms with van der Waals surface area (Å²) in [7, 11) is 0. The highest BCUT2D eigenvalue weighted by atomic mass is 19.1. The van der Waals surface area contributed by atoms with Crippen molar-refractivity contribution in [1.82, 2.24) is 4.98 Å². The number of esters is 1. The number of benzene rings is 2. The molecule has 4 nitrogen and oxygen atoms in total. The zero-order chi connectivity index (χ0) is 18.5. The van der Waals surface area contributed by atoms with Gasteiger partial charge in [-0.3, -0.25) is 4.79 Å². The molecule has 0 saturated carbocycles. The fraction of sp³-hybridized carbons (Fsp3) is 0.250. The maximum atomic E-state index is 14.3. The zero-order valence-electron chi connectivity index (χ0n) is 14.4. The van der Waals surface area contributed by atoms with Crippen molar-refractivity contribution in [3.63, 3.8) is 0 Å². The molecule has 0 radical (unpaired) electrons. The van der Waals surface area contributed by atoms with Crippen LogP contribution < -0.4 is 4.74 Å². The topological polar surface area (TPSA) is 51.3 Å². The van der Waals surface area contributed by atoms with E-state index in [2.05, 4.69) is 4.98 Å². The normalized spacial score (nSPS) is 10.9. The van der Waals surface area contributed by atoms with Crippen LogP contribution >= 0.6 is 0 Å². The first-order chi connectivity index (χ1) is 12.6. The summed E-state index contributed by atoms with van der Waals surface area (Å²) in [5.41, 5.74) is 2.02. The first kappa shape index (κ1) is 17.9. The Kier molecular flexibility index (Phi) is 5.51. The van der Waals surface area contributed by atoms with E-state index < -0.39 is 17.4 Å². The SMILES string of the molecule is CCOC(=O)CCCOc1c(F)cc(-c2ccc3cc[nH]c3c2)cc1F. The number of aromatic amines is 1. The molecule has 0 bridgehead atoms. The van der Waals surface area contributed by atoms with Gasteiger partial charge in [-0.2, -0.15) is 0 Å². The van der Waals surface area contributed by atoms with Gasteiger partial charge in [-0.15, -0.1) is 0 Å². The molecule has 1 N–H and O–H groups in total. The smallest absolute Gasteiger partial charge is 0.305 e. The fourth-order valence-electron chi connectivity index (χ4n) is 2.72. The van der Waals surface area contributed by atoms with Crippen LogP contribution in [0.25, 0.3) is 22.0 Å². The molecule has 0 amide bonds. The van der Waals surface area contributed by atoms with E-state index in [4.69, 9.17) is 9.47 Å². The lowest BCUT2D eigenvalue weighted by Gasteiger charge is -2.10. The van der Waals surface area contributed by atoms with E-state index >= 15 is 0 Å². The Labute approximate surface area is 149 Å². The van der Waals surface area contributed by atoms with Gasteiger partial charge in [-0.05, 0) is 54.1 Å². The van der Waals surface area contributed by atoms with E-state index in [9.17, 15) is 13.6 Å². The van der Waals surface area contributed by atoms with E-state index in [1.165, 1.54) is 12.1 Å². The van der Waals surface area contributed by atoms with Crippen molar-refractivity contribution in [3.8, 4) is 16.9 Å². The summed E-state index contributed by atoms with van der Waals surface area (Å²) in [4.78, 5) is 14.3. The number of carbonyl (C=O) groups is 1. The van der Waals surface area contributed by atoms with Gasteiger partial charge >= 0.3 is 5.97 Å². The summed E-state index contributed by atoms with van der Waals surface area (Å²) in [5.74, 6) is -2.34. The second-order valence-corrected chi connectivity index (χ2v) is 5.81. The summed E-state index contributed by atoms with van der Waals surface area (Å²) in [6.45, 7) is 2.05. The third kappa shape index (κ3) is 4.02. The molecule has 1 aromatic heterocycles. The number of hydrogen-bond donors (Lipinski definition) is 1. The molecule has 0 spiro atoms. The Hall–Kier alpha value is -2.89. The molecule has 26 heavy (non-hydrogen) atoms. The summed E-state index contributed by atoms with van der Waals surface area (Å²) in [5, 5.41) is 1.02. The molecule has 0 saturated heterocycles. The molecule has 0 aliphatic carbocycles. The predicted molar refractivity (Wildman–Crippen MR) is 95.0 cm³/mol. The molecule has 0 fully saturated rings. The number of H-pyrrole nitrogens is 1. The lowest BCUT2D eigenvalue weighted by atomic mass is 10.0. The Balaban J connectivity index is 1.70. The molecule has 3 aromatic rings. The van der Waals surface area contributed by atoms with Gasteiger partial charge in [0, 0.05) is 18.1 Å². The maximum absolute atomic E-state index is 14.3. The summed E-state index contributed by atoms with van der Waals surface area (Å²) >= 11 is 0. The van der Waals surface area contributed by atoms with Gasteiger partial charge in [0.2, 0.25) is 0 Å². The molecular formula is C20H19F2NO3. The molecule has 1 heterocycles. The zero-order valence-corrected chi connectivity index (χ0v) is 14.4. The second-order valence-electron chi connectivity index (χ2n) is 5.81. The van der Waals surface area contributed by atoms with E-state index in [0.29, 0.717) is 24.2 Å². The number of hydrogen-bond acceptors (Lipinski definition) is 3. The number of carbonyl (C=O) groups excluding carboxylic acids is 1. The molecule has 0 aliphatic rings. The lowest BCUT2D eigenvalue weighted by Crippen LogP contribution is -2.08. The number of nitrogens with one attached hydrogen (secondary N) is 1. The predicted octanol–water partition coefficient (Wildman–Crippen LogP) is 4.84. The van der Waals surface area contributed by atoms with E-state index in [1.54, 1.807) is 6.92 Å². The minimum atomic E-state index is -0.775. The number of rotatable bonds is 7. The maximum Gasteiger partial charge on any atom is 0.305 e. The number of fused-ring (bicyclic) bond motifs is 1. The van der Waals surface area contributed by atoms with Crippen LogP contribution in [0.2, 0.25) is 0 Å². The van der Waals surface area contributed by atoms with Gasteiger partial charge in [0.25, 0.3) is 0 Å². The number of ether oxygens (including phenoxy) is 2. The van der Waals surface area contributed by atoms with E-state index in [1.807, 2.05) is 30.5 Å². The van der Waals surface area contributed by atoms with Crippen LogP contribution in [0.3, 0.4) is 0 Å². The Morgan fingerprint density at radius 3 is 2.58 bits per heavy atom. The molecule has 136 valence electrons. The highest BCUT2D eigenvalue weighted by Gasteiger charge is 2.14. The summed E-state index contributed by atoms with van der Waals surface area (Å²) < 4.78 is 38.6. The molecule has 3 rings (SSSR count). The van der Waals surface area contributed by atoms with Gasteiger partial charge in [0.05, 0.1) is 13.2 Å². The second kappa shape index (κ2) is 7.99. The van der Waals surface area contributed by atoms with Crippen molar-refractivity contribution < 1.29 is 23.0 Å². The molecule has 0 atom stereocenters. The highest BCUT2D eigenvalue weighted by molar-refractivity contribution is 5.84. The Morgan fingerprint density at radius 2 is 1.85 bits per heavy atom. The number of aromatic nitrogens is 1. The van der Waals surface area contributed by atoms with Crippen molar-refractivity contribution in [2.75, 3.05) is 13.2 Å². The monoisotopic (exact) mass is 359 g/mol. The molecular weight excluding hydrogens is 340 g/mol. The summed E-state index contributed by atoms with van der Waals surface area (Å²) in [6.07, 6.45) is 2.27. The van der Waals surface area contributed by atoms with Gasteiger partial charge in [0.1, 0.15) is 0 Å². The first-order valence-corrected chi connectivity index (χ1v) is 8.43. The molecule has 6 heteroatoms. The van der Waals surface area contributed by atoms with Crippen LogP contribution in [0.1, 0.15) is 19.8 Å². The Bertz CT molecular complexity index is 897. The average Bonchev–Trinajstić information content (AvgIpc) is 3.08. The van der Waals surface area contributed by atoms with Crippen LogP contribution in [0.5, 0.6) is 5.75 Å². The first-order valence-electron chi connectivity index (χ1n) is 8.43. The number of halogens is 2. The molecule has 0 unspecified atom stereocenters. The standard InChI is InChI=1S/C20H19F2NO3/c1-2-25-19(24)4-3-9-26-20-16(21)10-15(11-17(20)22)14-6-5-13-7-8-23-18(13)12-14/h5-8,10-12,23H,2-4,9H2,1H3. The van der Waals surface area contributed by atoms with Gasteiger partial charge in [0.15, 0.2) is 17.4 Å². The Morgan fingerprint density at radius 1 is 1.08 bits per heavy atom. The highest BCUT2D eigenvalue weighted by Crippen LogP contribution is 2.30. The van der Waals surface area contributed by atoms with Gasteiger partial charge in [-0.25, -0.2) is 8.78 Å². The van der Waals surface area contributed by atoms with Crippen LogP contribution in [0, 0.1) is 11.6 Å². The van der Waals surface area contributed by atoms with Crippen molar-refractivity contribution in [3.05, 3.63) is 54.2 Å². The van der Waals surface area contributed by atoms with Crippen molar-refractivity contribution in [2.24, 2.45) is 0 Å². The van der Waals surface area contributed by atoms with Crippen LogP contribution in [0.15, 0.2) is 42.6 Å². The summed E-state index contributed by atoms with van der Waals surface area (Å²) in [6, 6.07) is 9.94. The van der Waals surface area contributed by atoms with Crippen molar-refractivity contribution in [1.29, 1.82) is 0 Å². The lowest BCUT2D eigenvalue weighted by molar-refractivity contribution is -0.143. The third-order valence-corrected chi connectivity index (χ3v) is 3.96. The molecule has 2 aromatic carbocycles. The van der Waals surface area contributed by atoms with E-state index in [-0.39, 0.29) is 19.0 Å².